The minimum absolute atomic E-state index is 0. The molecule has 0 aliphatic carbocycles. The quantitative estimate of drug-likeness (QED) is 0.255. The Morgan fingerprint density at radius 3 is 2.35 bits per heavy atom. The Balaban J connectivity index is 0. The third-order valence-corrected chi connectivity index (χ3v) is 2.23. The zero-order valence-electron chi connectivity index (χ0n) is 11.1. The monoisotopic (exact) mass is 220 g/mol. The van der Waals surface area contributed by atoms with Gasteiger partial charge < -0.3 is 9.84 Å². The standard InChI is InChI=1S/C13H18O2.2Li/c14-11-7-2-1-3-8-12-15-13-9-5-4-6-10-13;;/h4-6,9H,1-3,7-8,11-12H2;;/q-2;2*+1. The van der Waals surface area contributed by atoms with E-state index in [9.17, 15) is 5.11 Å². The van der Waals surface area contributed by atoms with E-state index in [1.807, 2.05) is 24.3 Å². The van der Waals surface area contributed by atoms with Crippen LogP contribution in [0.4, 0.5) is 0 Å². The summed E-state index contributed by atoms with van der Waals surface area (Å²) < 4.78 is 5.50. The molecule has 0 bridgehead atoms. The summed E-state index contributed by atoms with van der Waals surface area (Å²) in [6.45, 7) is 0.813. The smallest absolute Gasteiger partial charge is 0.854 e. The molecule has 0 saturated carbocycles. The topological polar surface area (TPSA) is 32.3 Å². The summed E-state index contributed by atoms with van der Waals surface area (Å²) in [5.41, 5.74) is 0. The molecule has 0 radical (unpaired) electrons. The molecule has 84 valence electrons. The van der Waals surface area contributed by atoms with E-state index in [1.165, 1.54) is 0 Å². The molecular formula is C13H18Li2O2. The van der Waals surface area contributed by atoms with Crippen LogP contribution in [0.5, 0.6) is 5.75 Å². The van der Waals surface area contributed by atoms with Gasteiger partial charge in [-0.1, -0.05) is 25.7 Å². The van der Waals surface area contributed by atoms with Crippen LogP contribution < -0.4 is 47.6 Å². The molecule has 0 saturated heterocycles. The van der Waals surface area contributed by atoms with E-state index in [1.54, 1.807) is 0 Å². The van der Waals surface area contributed by atoms with Gasteiger partial charge in [0.15, 0.2) is 0 Å². The minimum atomic E-state index is 0. The predicted octanol–water partition coefficient (Wildman–Crippen LogP) is -3.82. The van der Waals surface area contributed by atoms with Crippen LogP contribution in [0.1, 0.15) is 32.1 Å². The second-order valence-electron chi connectivity index (χ2n) is 3.55. The number of ether oxygens (including phenoxy) is 1. The van der Waals surface area contributed by atoms with Crippen molar-refractivity contribution in [3.8, 4) is 5.75 Å². The van der Waals surface area contributed by atoms with Gasteiger partial charge in [0.25, 0.3) is 0 Å². The molecular weight excluding hydrogens is 202 g/mol. The van der Waals surface area contributed by atoms with Crippen molar-refractivity contribution < 1.29 is 47.6 Å². The fraction of sp³-hybridized carbons (Fsp3) is 0.538. The van der Waals surface area contributed by atoms with Gasteiger partial charge in [0, 0.05) is 5.75 Å². The molecule has 0 heterocycles. The van der Waals surface area contributed by atoms with Gasteiger partial charge in [-0.3, -0.25) is 0 Å². The van der Waals surface area contributed by atoms with E-state index in [2.05, 4.69) is 6.07 Å². The summed E-state index contributed by atoms with van der Waals surface area (Å²) in [4.78, 5) is 0. The fourth-order valence-electron chi connectivity index (χ4n) is 1.38. The number of rotatable bonds is 8. The SMILES string of the molecule is [Li+].[Li+].[O-]CCCCCCCOc1[c-]cccc1. The summed E-state index contributed by atoms with van der Waals surface area (Å²) >= 11 is 0. The summed E-state index contributed by atoms with van der Waals surface area (Å²) in [6, 6.07) is 10.7. The Morgan fingerprint density at radius 2 is 1.71 bits per heavy atom. The van der Waals surface area contributed by atoms with Crippen LogP contribution in [-0.2, 0) is 0 Å². The molecule has 0 aromatic heterocycles. The van der Waals surface area contributed by atoms with Gasteiger partial charge in [-0.2, -0.15) is 18.2 Å². The summed E-state index contributed by atoms with van der Waals surface area (Å²) in [5, 5.41) is 10.2. The van der Waals surface area contributed by atoms with Crippen LogP contribution in [0.2, 0.25) is 0 Å². The van der Waals surface area contributed by atoms with E-state index in [0.717, 1.165) is 44.5 Å². The average Bonchev–Trinajstić information content (AvgIpc) is 2.29. The van der Waals surface area contributed by atoms with Crippen molar-refractivity contribution in [3.63, 3.8) is 0 Å². The molecule has 4 heteroatoms. The van der Waals surface area contributed by atoms with Gasteiger partial charge in [0.1, 0.15) is 0 Å². The maximum Gasteiger partial charge on any atom is 1.00 e. The normalized spacial score (nSPS) is 9.00. The van der Waals surface area contributed by atoms with Gasteiger partial charge in [-0.25, -0.2) is 0 Å². The first-order chi connectivity index (χ1) is 7.43. The molecule has 1 aromatic carbocycles. The Kier molecular flexibility index (Phi) is 16.3. The molecule has 0 fully saturated rings. The van der Waals surface area contributed by atoms with Crippen LogP contribution in [0, 0.1) is 6.07 Å². The number of para-hydroxylation sites is 1. The van der Waals surface area contributed by atoms with E-state index in [4.69, 9.17) is 4.74 Å². The largest absolute Gasteiger partial charge is 1.00 e. The van der Waals surface area contributed by atoms with Crippen molar-refractivity contribution in [2.24, 2.45) is 0 Å². The van der Waals surface area contributed by atoms with Crippen LogP contribution >= 0.6 is 0 Å². The van der Waals surface area contributed by atoms with Gasteiger partial charge in [0.05, 0.1) is 6.61 Å². The Bertz CT molecular complexity index is 242. The van der Waals surface area contributed by atoms with E-state index < -0.39 is 0 Å². The first kappa shape index (κ1) is 19.5. The third-order valence-electron chi connectivity index (χ3n) is 2.23. The molecule has 2 nitrogen and oxygen atoms in total. The van der Waals surface area contributed by atoms with Crippen molar-refractivity contribution in [1.82, 2.24) is 0 Å². The number of benzene rings is 1. The van der Waals surface area contributed by atoms with Crippen LogP contribution in [0.25, 0.3) is 0 Å². The number of hydrogen-bond acceptors (Lipinski definition) is 2. The first-order valence-electron chi connectivity index (χ1n) is 5.61. The van der Waals surface area contributed by atoms with Gasteiger partial charge in [0.2, 0.25) is 0 Å². The van der Waals surface area contributed by atoms with E-state index in [-0.39, 0.29) is 44.3 Å². The van der Waals surface area contributed by atoms with Gasteiger partial charge >= 0.3 is 37.7 Å². The van der Waals surface area contributed by atoms with Crippen LogP contribution in [-0.4, -0.2) is 13.2 Å². The van der Waals surface area contributed by atoms with Crippen molar-refractivity contribution in [3.05, 3.63) is 30.3 Å². The predicted molar refractivity (Wildman–Crippen MR) is 58.7 cm³/mol. The van der Waals surface area contributed by atoms with Crippen molar-refractivity contribution in [2.75, 3.05) is 13.2 Å². The van der Waals surface area contributed by atoms with Crippen LogP contribution in [0.3, 0.4) is 0 Å². The molecule has 0 aliphatic heterocycles. The second-order valence-corrected chi connectivity index (χ2v) is 3.55. The molecule has 0 atom stereocenters. The van der Waals surface area contributed by atoms with Gasteiger partial charge in [-0.15, -0.1) is 18.7 Å². The Labute approximate surface area is 128 Å². The van der Waals surface area contributed by atoms with Crippen molar-refractivity contribution in [2.45, 2.75) is 32.1 Å². The molecule has 0 aliphatic rings. The molecule has 0 N–H and O–H groups in total. The van der Waals surface area contributed by atoms with E-state index >= 15 is 0 Å². The summed E-state index contributed by atoms with van der Waals surface area (Å²) in [7, 11) is 0. The Hall–Kier alpha value is 0.175. The minimum Gasteiger partial charge on any atom is -0.854 e. The summed E-state index contributed by atoms with van der Waals surface area (Å²) in [5.74, 6) is 0.817. The Morgan fingerprint density at radius 1 is 1.00 bits per heavy atom. The van der Waals surface area contributed by atoms with Crippen LogP contribution in [0.15, 0.2) is 24.3 Å². The first-order valence-corrected chi connectivity index (χ1v) is 5.61. The van der Waals surface area contributed by atoms with Crippen molar-refractivity contribution in [1.29, 1.82) is 0 Å². The maximum absolute atomic E-state index is 10.2. The molecule has 0 unspecified atom stereocenters. The number of unbranched alkanes of at least 4 members (excludes halogenated alkanes) is 4. The fourth-order valence-corrected chi connectivity index (χ4v) is 1.38. The average molecular weight is 220 g/mol. The molecule has 17 heavy (non-hydrogen) atoms. The third kappa shape index (κ3) is 11.0. The zero-order chi connectivity index (χ0) is 10.8. The zero-order valence-corrected chi connectivity index (χ0v) is 11.1. The summed E-state index contributed by atoms with van der Waals surface area (Å²) in [6.07, 6.45) is 5.22. The van der Waals surface area contributed by atoms with Gasteiger partial charge in [-0.05, 0) is 6.42 Å². The second kappa shape index (κ2) is 14.2. The van der Waals surface area contributed by atoms with E-state index in [0.29, 0.717) is 0 Å². The molecule has 1 rings (SSSR count). The molecule has 0 amide bonds. The number of hydrogen-bond donors (Lipinski definition) is 0. The molecule has 0 spiro atoms. The van der Waals surface area contributed by atoms with Crippen molar-refractivity contribution >= 4 is 0 Å². The maximum atomic E-state index is 10.2. The molecule has 1 aromatic rings.